The Morgan fingerprint density at radius 2 is 2.56 bits per heavy atom. The molecule has 0 aliphatic carbocycles. The first-order chi connectivity index (χ1) is 7.86. The largest absolute Gasteiger partial charge is 0.312 e. The van der Waals surface area contributed by atoms with E-state index in [0.29, 0.717) is 6.04 Å². The zero-order valence-electron chi connectivity index (χ0n) is 9.66. The van der Waals surface area contributed by atoms with Crippen LogP contribution in [0.1, 0.15) is 17.0 Å². The molecule has 1 aliphatic rings. The third-order valence-corrected chi connectivity index (χ3v) is 4.86. The van der Waals surface area contributed by atoms with Crippen molar-refractivity contribution in [2.24, 2.45) is 0 Å². The minimum atomic E-state index is 0.703. The van der Waals surface area contributed by atoms with E-state index in [9.17, 15) is 0 Å². The van der Waals surface area contributed by atoms with E-state index in [1.807, 2.05) is 5.51 Å². The molecule has 0 amide bonds. The van der Waals surface area contributed by atoms with Gasteiger partial charge in [-0.15, -0.1) is 11.3 Å². The molecule has 1 atom stereocenters. The average molecular weight is 257 g/mol. The molecule has 1 unspecified atom stereocenters. The zero-order valence-corrected chi connectivity index (χ0v) is 11.3. The van der Waals surface area contributed by atoms with Gasteiger partial charge in [-0.1, -0.05) is 0 Å². The van der Waals surface area contributed by atoms with Gasteiger partial charge in [-0.25, -0.2) is 4.98 Å². The molecule has 16 heavy (non-hydrogen) atoms. The molecular weight excluding hydrogens is 238 g/mol. The number of thioether (sulfide) groups is 1. The molecule has 2 heterocycles. The Balaban J connectivity index is 1.59. The topological polar surface area (TPSA) is 37.0 Å². The Bertz CT molecular complexity index is 308. The molecule has 5 heteroatoms. The second-order valence-corrected chi connectivity index (χ2v) is 6.14. The lowest BCUT2D eigenvalue weighted by molar-refractivity contribution is 0.504. The van der Waals surface area contributed by atoms with E-state index in [1.165, 1.54) is 35.0 Å². The molecule has 90 valence electrons. The Kier molecular flexibility index (Phi) is 5.09. The molecule has 1 aromatic heterocycles. The summed E-state index contributed by atoms with van der Waals surface area (Å²) >= 11 is 3.81. The summed E-state index contributed by atoms with van der Waals surface area (Å²) in [6.45, 7) is 5.31. The Morgan fingerprint density at radius 3 is 3.25 bits per heavy atom. The standard InChI is InChI=1S/C11H19N3S2/c1-9-11(16-8-14-9)6-12-3-2-10-7-15-5-4-13-10/h8,10,12-13H,2-7H2,1H3. The highest BCUT2D eigenvalue weighted by Gasteiger charge is 2.11. The fourth-order valence-electron chi connectivity index (χ4n) is 1.78. The van der Waals surface area contributed by atoms with Crippen molar-refractivity contribution >= 4 is 23.1 Å². The van der Waals surface area contributed by atoms with Gasteiger partial charge in [0.15, 0.2) is 0 Å². The molecule has 0 saturated carbocycles. The van der Waals surface area contributed by atoms with Gasteiger partial charge in [0, 0.05) is 35.5 Å². The number of rotatable bonds is 5. The summed E-state index contributed by atoms with van der Waals surface area (Å²) in [5.74, 6) is 2.53. The van der Waals surface area contributed by atoms with E-state index >= 15 is 0 Å². The first kappa shape index (κ1) is 12.4. The Hall–Kier alpha value is -0.100. The van der Waals surface area contributed by atoms with Crippen LogP contribution in [0.2, 0.25) is 0 Å². The number of thiazole rings is 1. The van der Waals surface area contributed by atoms with Crippen LogP contribution in [-0.2, 0) is 6.54 Å². The fourth-order valence-corrected chi connectivity index (χ4v) is 3.52. The first-order valence-electron chi connectivity index (χ1n) is 5.77. The number of hydrogen-bond donors (Lipinski definition) is 2. The first-order valence-corrected chi connectivity index (χ1v) is 7.80. The molecule has 1 aromatic rings. The summed E-state index contributed by atoms with van der Waals surface area (Å²) in [5, 5.41) is 7.05. The molecule has 1 saturated heterocycles. The van der Waals surface area contributed by atoms with Crippen molar-refractivity contribution in [1.82, 2.24) is 15.6 Å². The number of nitrogens with zero attached hydrogens (tertiary/aromatic N) is 1. The summed E-state index contributed by atoms with van der Waals surface area (Å²) < 4.78 is 0. The van der Waals surface area contributed by atoms with E-state index in [-0.39, 0.29) is 0 Å². The van der Waals surface area contributed by atoms with Crippen molar-refractivity contribution < 1.29 is 0 Å². The van der Waals surface area contributed by atoms with Gasteiger partial charge in [-0.2, -0.15) is 11.8 Å². The van der Waals surface area contributed by atoms with Crippen molar-refractivity contribution in [3.8, 4) is 0 Å². The molecule has 1 fully saturated rings. The number of nitrogens with one attached hydrogen (secondary N) is 2. The maximum absolute atomic E-state index is 4.25. The highest BCUT2D eigenvalue weighted by molar-refractivity contribution is 7.99. The van der Waals surface area contributed by atoms with Crippen molar-refractivity contribution in [3.05, 3.63) is 16.1 Å². The van der Waals surface area contributed by atoms with E-state index in [4.69, 9.17) is 0 Å². The molecule has 0 aromatic carbocycles. The SMILES string of the molecule is Cc1ncsc1CNCCC1CSCCN1. The molecule has 2 rings (SSSR count). The van der Waals surface area contributed by atoms with Gasteiger partial charge < -0.3 is 10.6 Å². The smallest absolute Gasteiger partial charge is 0.0798 e. The monoisotopic (exact) mass is 257 g/mol. The molecule has 0 spiro atoms. The maximum Gasteiger partial charge on any atom is 0.0798 e. The normalized spacial score (nSPS) is 21.2. The number of hydrogen-bond acceptors (Lipinski definition) is 5. The van der Waals surface area contributed by atoms with Crippen LogP contribution in [0.5, 0.6) is 0 Å². The summed E-state index contributed by atoms with van der Waals surface area (Å²) in [5.41, 5.74) is 3.09. The second kappa shape index (κ2) is 6.59. The van der Waals surface area contributed by atoms with Gasteiger partial charge in [0.2, 0.25) is 0 Å². The lowest BCUT2D eigenvalue weighted by Crippen LogP contribution is -2.39. The second-order valence-electron chi connectivity index (χ2n) is 4.05. The predicted octanol–water partition coefficient (Wildman–Crippen LogP) is 1.64. The van der Waals surface area contributed by atoms with E-state index < -0.39 is 0 Å². The number of aromatic nitrogens is 1. The van der Waals surface area contributed by atoms with Crippen LogP contribution < -0.4 is 10.6 Å². The van der Waals surface area contributed by atoms with Crippen molar-refractivity contribution in [1.29, 1.82) is 0 Å². The Labute approximate surface area is 105 Å². The van der Waals surface area contributed by atoms with E-state index in [2.05, 4.69) is 34.3 Å². The predicted molar refractivity (Wildman–Crippen MR) is 72.3 cm³/mol. The van der Waals surface area contributed by atoms with Crippen LogP contribution in [0.4, 0.5) is 0 Å². The van der Waals surface area contributed by atoms with Crippen LogP contribution in [0.25, 0.3) is 0 Å². The average Bonchev–Trinajstić information content (AvgIpc) is 2.72. The lowest BCUT2D eigenvalue weighted by Gasteiger charge is -2.23. The molecule has 2 N–H and O–H groups in total. The van der Waals surface area contributed by atoms with Gasteiger partial charge >= 0.3 is 0 Å². The molecule has 0 radical (unpaired) electrons. The summed E-state index contributed by atoms with van der Waals surface area (Å²) in [4.78, 5) is 5.61. The third kappa shape index (κ3) is 3.73. The van der Waals surface area contributed by atoms with Gasteiger partial charge in [0.1, 0.15) is 0 Å². The summed E-state index contributed by atoms with van der Waals surface area (Å²) in [6, 6.07) is 0.703. The van der Waals surface area contributed by atoms with E-state index in [1.54, 1.807) is 11.3 Å². The van der Waals surface area contributed by atoms with Crippen LogP contribution in [0.15, 0.2) is 5.51 Å². The fraction of sp³-hybridized carbons (Fsp3) is 0.727. The van der Waals surface area contributed by atoms with Gasteiger partial charge in [0.25, 0.3) is 0 Å². The summed E-state index contributed by atoms with van der Waals surface area (Å²) in [6.07, 6.45) is 1.23. The van der Waals surface area contributed by atoms with Gasteiger partial charge in [-0.3, -0.25) is 0 Å². The molecule has 3 nitrogen and oxygen atoms in total. The minimum absolute atomic E-state index is 0.703. The zero-order chi connectivity index (χ0) is 11.2. The lowest BCUT2D eigenvalue weighted by atomic mass is 10.2. The van der Waals surface area contributed by atoms with Crippen LogP contribution in [0, 0.1) is 6.92 Å². The van der Waals surface area contributed by atoms with Gasteiger partial charge in [0.05, 0.1) is 11.2 Å². The van der Waals surface area contributed by atoms with Crippen molar-refractivity contribution in [2.75, 3.05) is 24.6 Å². The highest BCUT2D eigenvalue weighted by Crippen LogP contribution is 2.12. The quantitative estimate of drug-likeness (QED) is 0.786. The molecule has 0 bridgehead atoms. The van der Waals surface area contributed by atoms with Crippen LogP contribution >= 0.6 is 23.1 Å². The Morgan fingerprint density at radius 1 is 1.62 bits per heavy atom. The third-order valence-electron chi connectivity index (χ3n) is 2.80. The molecule has 1 aliphatic heterocycles. The van der Waals surface area contributed by atoms with Crippen molar-refractivity contribution in [2.45, 2.75) is 25.9 Å². The molecular formula is C11H19N3S2. The van der Waals surface area contributed by atoms with Crippen LogP contribution in [-0.4, -0.2) is 35.6 Å². The van der Waals surface area contributed by atoms with Crippen LogP contribution in [0.3, 0.4) is 0 Å². The summed E-state index contributed by atoms with van der Waals surface area (Å²) in [7, 11) is 0. The van der Waals surface area contributed by atoms with E-state index in [0.717, 1.165) is 13.1 Å². The minimum Gasteiger partial charge on any atom is -0.312 e. The number of aryl methyl sites for hydroxylation is 1. The van der Waals surface area contributed by atoms with Gasteiger partial charge in [-0.05, 0) is 19.9 Å². The maximum atomic E-state index is 4.25. The highest BCUT2D eigenvalue weighted by atomic mass is 32.2. The van der Waals surface area contributed by atoms with Crippen molar-refractivity contribution in [3.63, 3.8) is 0 Å².